The zero-order valence-electron chi connectivity index (χ0n) is 13.0. The Hall–Kier alpha value is -1.99. The Morgan fingerprint density at radius 2 is 1.83 bits per heavy atom. The number of hydrogen-bond acceptors (Lipinski definition) is 5. The van der Waals surface area contributed by atoms with Gasteiger partial charge in [0, 0.05) is 9.37 Å². The van der Waals surface area contributed by atoms with Crippen molar-refractivity contribution in [3.8, 4) is 5.75 Å². The topological polar surface area (TPSA) is 64.6 Å². The molecule has 1 amide bonds. The molecule has 2 aromatic carbocycles. The van der Waals surface area contributed by atoms with E-state index in [2.05, 4.69) is 21.2 Å². The summed E-state index contributed by atoms with van der Waals surface area (Å²) in [7, 11) is 1.52. The van der Waals surface area contributed by atoms with Crippen LogP contribution in [0, 0.1) is 0 Å². The van der Waals surface area contributed by atoms with E-state index in [-0.39, 0.29) is 12.4 Å². The molecule has 0 bridgehead atoms. The lowest BCUT2D eigenvalue weighted by Gasteiger charge is -2.10. The van der Waals surface area contributed by atoms with Gasteiger partial charge in [-0.15, -0.1) is 11.8 Å². The summed E-state index contributed by atoms with van der Waals surface area (Å²) in [6.45, 7) is -0.336. The van der Waals surface area contributed by atoms with Crippen molar-refractivity contribution in [1.82, 2.24) is 0 Å². The monoisotopic (exact) mass is 409 g/mol. The summed E-state index contributed by atoms with van der Waals surface area (Å²) in [4.78, 5) is 24.5. The van der Waals surface area contributed by atoms with E-state index in [0.29, 0.717) is 11.4 Å². The quantitative estimate of drug-likeness (QED) is 0.557. The van der Waals surface area contributed by atoms with Gasteiger partial charge in [-0.3, -0.25) is 9.59 Å². The maximum atomic E-state index is 11.8. The summed E-state index contributed by atoms with van der Waals surface area (Å²) in [5.41, 5.74) is 0.533. The van der Waals surface area contributed by atoms with Crippen LogP contribution < -0.4 is 10.1 Å². The molecule has 0 heterocycles. The molecular weight excluding hydrogens is 394 g/mol. The molecule has 24 heavy (non-hydrogen) atoms. The fourth-order valence-electron chi connectivity index (χ4n) is 1.79. The van der Waals surface area contributed by atoms with E-state index in [1.807, 2.05) is 24.3 Å². The number of rotatable bonds is 7. The largest absolute Gasteiger partial charge is 0.495 e. The number of esters is 1. The van der Waals surface area contributed by atoms with Crippen molar-refractivity contribution in [3.05, 3.63) is 53.0 Å². The average Bonchev–Trinajstić information content (AvgIpc) is 2.60. The van der Waals surface area contributed by atoms with Crippen LogP contribution in [0.25, 0.3) is 0 Å². The third-order valence-corrected chi connectivity index (χ3v) is 4.43. The first-order valence-electron chi connectivity index (χ1n) is 7.05. The number of para-hydroxylation sites is 2. The van der Waals surface area contributed by atoms with Gasteiger partial charge in [0.25, 0.3) is 5.91 Å². The highest BCUT2D eigenvalue weighted by Crippen LogP contribution is 2.23. The molecule has 2 aromatic rings. The first-order chi connectivity index (χ1) is 11.6. The lowest BCUT2D eigenvalue weighted by atomic mass is 10.3. The van der Waals surface area contributed by atoms with Gasteiger partial charge in [0.1, 0.15) is 5.75 Å². The van der Waals surface area contributed by atoms with E-state index in [0.717, 1.165) is 9.37 Å². The fraction of sp³-hybridized carbons (Fsp3) is 0.176. The van der Waals surface area contributed by atoms with Gasteiger partial charge in [-0.2, -0.15) is 0 Å². The van der Waals surface area contributed by atoms with Crippen LogP contribution in [0.15, 0.2) is 57.9 Å². The molecule has 0 aliphatic rings. The Balaban J connectivity index is 1.74. The maximum Gasteiger partial charge on any atom is 0.316 e. The predicted octanol–water partition coefficient (Wildman–Crippen LogP) is 3.73. The number of hydrogen-bond donors (Lipinski definition) is 1. The van der Waals surface area contributed by atoms with Gasteiger partial charge < -0.3 is 14.8 Å². The van der Waals surface area contributed by atoms with E-state index in [4.69, 9.17) is 9.47 Å². The minimum atomic E-state index is -0.446. The van der Waals surface area contributed by atoms with Crippen LogP contribution in [-0.4, -0.2) is 31.3 Å². The van der Waals surface area contributed by atoms with Crippen LogP contribution in [-0.2, 0) is 14.3 Å². The van der Waals surface area contributed by atoms with E-state index < -0.39 is 11.9 Å². The van der Waals surface area contributed by atoms with Crippen molar-refractivity contribution in [1.29, 1.82) is 0 Å². The molecule has 0 saturated carbocycles. The van der Waals surface area contributed by atoms with Crippen molar-refractivity contribution in [3.63, 3.8) is 0 Å². The Kier molecular flexibility index (Phi) is 7.14. The summed E-state index contributed by atoms with van der Waals surface area (Å²) in [6, 6.07) is 14.6. The summed E-state index contributed by atoms with van der Waals surface area (Å²) < 4.78 is 11.1. The van der Waals surface area contributed by atoms with Crippen LogP contribution in [0.3, 0.4) is 0 Å². The van der Waals surface area contributed by atoms with Crippen molar-refractivity contribution in [2.24, 2.45) is 0 Å². The highest BCUT2D eigenvalue weighted by molar-refractivity contribution is 9.10. The maximum absolute atomic E-state index is 11.8. The Labute approximate surface area is 152 Å². The smallest absolute Gasteiger partial charge is 0.316 e. The second-order valence-corrected chi connectivity index (χ2v) is 6.62. The van der Waals surface area contributed by atoms with E-state index in [1.54, 1.807) is 24.3 Å². The Bertz CT molecular complexity index is 706. The molecule has 0 spiro atoms. The molecule has 0 saturated heterocycles. The molecule has 0 aromatic heterocycles. The number of carbonyl (C=O) groups excluding carboxylic acids is 2. The number of benzene rings is 2. The summed E-state index contributed by atoms with van der Waals surface area (Å²) in [5, 5.41) is 2.64. The zero-order valence-corrected chi connectivity index (χ0v) is 15.4. The summed E-state index contributed by atoms with van der Waals surface area (Å²) >= 11 is 4.70. The van der Waals surface area contributed by atoms with Crippen LogP contribution in [0.5, 0.6) is 5.75 Å². The Morgan fingerprint density at radius 3 is 2.54 bits per heavy atom. The molecule has 0 aliphatic carbocycles. The number of thioether (sulfide) groups is 1. The molecule has 0 atom stereocenters. The molecule has 0 fully saturated rings. The van der Waals surface area contributed by atoms with Gasteiger partial charge in [0.2, 0.25) is 0 Å². The zero-order chi connectivity index (χ0) is 17.4. The van der Waals surface area contributed by atoms with E-state index in [9.17, 15) is 9.59 Å². The number of nitrogens with one attached hydrogen (secondary N) is 1. The molecule has 5 nitrogen and oxygen atoms in total. The Morgan fingerprint density at radius 1 is 1.12 bits per heavy atom. The van der Waals surface area contributed by atoms with Crippen LogP contribution >= 0.6 is 27.7 Å². The number of methoxy groups -OCH3 is 1. The van der Waals surface area contributed by atoms with Crippen LogP contribution in [0.1, 0.15) is 0 Å². The van der Waals surface area contributed by atoms with Gasteiger partial charge in [-0.05, 0) is 36.4 Å². The van der Waals surface area contributed by atoms with Crippen molar-refractivity contribution in [2.75, 3.05) is 24.8 Å². The number of amides is 1. The normalized spacial score (nSPS) is 10.1. The third kappa shape index (κ3) is 5.90. The third-order valence-electron chi connectivity index (χ3n) is 2.92. The highest BCUT2D eigenvalue weighted by Gasteiger charge is 2.10. The van der Waals surface area contributed by atoms with Crippen LogP contribution in [0.4, 0.5) is 5.69 Å². The van der Waals surface area contributed by atoms with E-state index >= 15 is 0 Å². The highest BCUT2D eigenvalue weighted by atomic mass is 79.9. The fourth-order valence-corrected chi connectivity index (χ4v) is 2.76. The van der Waals surface area contributed by atoms with Crippen LogP contribution in [0.2, 0.25) is 0 Å². The van der Waals surface area contributed by atoms with Gasteiger partial charge in [0.05, 0.1) is 18.6 Å². The minimum absolute atomic E-state index is 0.142. The van der Waals surface area contributed by atoms with Gasteiger partial charge in [0.15, 0.2) is 6.61 Å². The predicted molar refractivity (Wildman–Crippen MR) is 97.4 cm³/mol. The molecule has 0 radical (unpaired) electrons. The molecular formula is C17H16BrNO4S. The van der Waals surface area contributed by atoms with Crippen molar-refractivity contribution >= 4 is 45.3 Å². The number of ether oxygens (including phenoxy) is 2. The first-order valence-corrected chi connectivity index (χ1v) is 8.83. The average molecular weight is 410 g/mol. The van der Waals surface area contributed by atoms with Gasteiger partial charge in [-0.25, -0.2) is 0 Å². The molecule has 1 N–H and O–H groups in total. The number of anilines is 1. The second kappa shape index (κ2) is 9.34. The SMILES string of the molecule is COc1ccccc1NC(=O)COC(=O)CSc1ccc(Br)cc1. The van der Waals surface area contributed by atoms with Gasteiger partial charge in [-0.1, -0.05) is 28.1 Å². The molecule has 7 heteroatoms. The lowest BCUT2D eigenvalue weighted by molar-refractivity contribution is -0.144. The lowest BCUT2D eigenvalue weighted by Crippen LogP contribution is -2.21. The molecule has 0 aliphatic heterocycles. The number of halogens is 1. The molecule has 0 unspecified atom stereocenters. The second-order valence-electron chi connectivity index (χ2n) is 4.65. The number of carbonyl (C=O) groups is 2. The summed E-state index contributed by atoms with van der Waals surface area (Å²) in [6.07, 6.45) is 0. The molecule has 2 rings (SSSR count). The van der Waals surface area contributed by atoms with Gasteiger partial charge >= 0.3 is 5.97 Å². The van der Waals surface area contributed by atoms with E-state index in [1.165, 1.54) is 18.9 Å². The van der Waals surface area contributed by atoms with Crippen molar-refractivity contribution < 1.29 is 19.1 Å². The minimum Gasteiger partial charge on any atom is -0.495 e. The van der Waals surface area contributed by atoms with Crippen molar-refractivity contribution in [2.45, 2.75) is 4.90 Å². The molecule has 126 valence electrons. The summed E-state index contributed by atoms with van der Waals surface area (Å²) in [5.74, 6) is -0.175. The first kappa shape index (κ1) is 18.4. The standard InChI is InChI=1S/C17H16BrNO4S/c1-22-15-5-3-2-4-14(15)19-16(20)10-23-17(21)11-24-13-8-6-12(18)7-9-13/h2-9H,10-11H2,1H3,(H,19,20).